The van der Waals surface area contributed by atoms with Crippen LogP contribution in [0.15, 0.2) is 57.9 Å². The fourth-order valence-electron chi connectivity index (χ4n) is 4.19. The lowest BCUT2D eigenvalue weighted by atomic mass is 9.97. The van der Waals surface area contributed by atoms with E-state index in [9.17, 15) is 18.0 Å². The van der Waals surface area contributed by atoms with Gasteiger partial charge in [0.15, 0.2) is 5.78 Å². The van der Waals surface area contributed by atoms with Crippen LogP contribution in [0.4, 0.5) is 5.69 Å². The maximum Gasteiger partial charge on any atom is 0.243 e. The zero-order chi connectivity index (χ0) is 24.6. The van der Waals surface area contributed by atoms with Gasteiger partial charge < -0.3 is 9.84 Å². The number of sulfonamides is 1. The third kappa shape index (κ3) is 5.03. The molecule has 0 radical (unpaired) electrons. The molecule has 1 amide bonds. The summed E-state index contributed by atoms with van der Waals surface area (Å²) in [4.78, 5) is 28.9. The van der Waals surface area contributed by atoms with E-state index in [1.165, 1.54) is 11.2 Å². The Labute approximate surface area is 203 Å². The molecule has 1 saturated carbocycles. The van der Waals surface area contributed by atoms with E-state index in [1.807, 2.05) is 0 Å². The summed E-state index contributed by atoms with van der Waals surface area (Å²) in [5, 5.41) is 6.84. The summed E-state index contributed by atoms with van der Waals surface area (Å²) < 4.78 is 33.0. The minimum absolute atomic E-state index is 0.0760. The second kappa shape index (κ2) is 9.35. The second-order valence-corrected chi connectivity index (χ2v) is 11.0. The average Bonchev–Trinajstić information content (AvgIpc) is 3.60. The average molecular weight is 495 g/mol. The van der Waals surface area contributed by atoms with Crippen molar-refractivity contribution in [2.45, 2.75) is 43.4 Å². The monoisotopic (exact) mass is 494 g/mol. The van der Waals surface area contributed by atoms with Crippen LogP contribution in [-0.2, 0) is 14.8 Å². The van der Waals surface area contributed by atoms with E-state index < -0.39 is 10.0 Å². The van der Waals surface area contributed by atoms with Crippen molar-refractivity contribution in [1.29, 1.82) is 0 Å². The molecule has 0 bridgehead atoms. The molecular weight excluding hydrogens is 468 g/mol. The number of amides is 1. The first-order valence-electron chi connectivity index (χ1n) is 11.7. The number of piperidine rings is 1. The fourth-order valence-corrected chi connectivity index (χ4v) is 5.66. The summed E-state index contributed by atoms with van der Waals surface area (Å²) in [7, 11) is -3.68. The second-order valence-electron chi connectivity index (χ2n) is 9.06. The van der Waals surface area contributed by atoms with Crippen LogP contribution in [0.5, 0.6) is 0 Å². The number of anilines is 1. The number of hydrogen-bond donors (Lipinski definition) is 1. The van der Waals surface area contributed by atoms with Crippen molar-refractivity contribution < 1.29 is 22.5 Å². The number of nitrogens with zero attached hydrogens (tertiary/aromatic N) is 3. The summed E-state index contributed by atoms with van der Waals surface area (Å²) >= 11 is 0. The Morgan fingerprint density at radius 2 is 1.74 bits per heavy atom. The van der Waals surface area contributed by atoms with Crippen molar-refractivity contribution in [1.82, 2.24) is 14.4 Å². The van der Waals surface area contributed by atoms with E-state index in [0.717, 1.165) is 12.8 Å². The number of Topliss-reactive ketones (excluding diaryl/α,β-unsaturated/α-hetero) is 1. The van der Waals surface area contributed by atoms with Crippen molar-refractivity contribution in [3.63, 3.8) is 0 Å². The molecule has 1 aliphatic carbocycles. The highest BCUT2D eigenvalue weighted by molar-refractivity contribution is 7.89. The Kier molecular flexibility index (Phi) is 6.24. The molecule has 1 aliphatic heterocycles. The first kappa shape index (κ1) is 23.4. The molecule has 2 fully saturated rings. The third-order valence-corrected chi connectivity index (χ3v) is 8.39. The maximum absolute atomic E-state index is 13.1. The number of carbonyl (C=O) groups is 2. The van der Waals surface area contributed by atoms with Gasteiger partial charge in [0.1, 0.15) is 0 Å². The van der Waals surface area contributed by atoms with Gasteiger partial charge in [-0.05, 0) is 69.0 Å². The number of rotatable bonds is 7. The van der Waals surface area contributed by atoms with E-state index in [0.29, 0.717) is 47.3 Å². The number of hydrogen-bond acceptors (Lipinski definition) is 7. The number of aromatic nitrogens is 2. The highest BCUT2D eigenvalue weighted by atomic mass is 32.2. The largest absolute Gasteiger partial charge is 0.339 e. The van der Waals surface area contributed by atoms with Crippen LogP contribution in [0.3, 0.4) is 0 Å². The Balaban J connectivity index is 1.20. The van der Waals surface area contributed by atoms with Crippen LogP contribution in [0, 0.1) is 5.92 Å². The van der Waals surface area contributed by atoms with Crippen LogP contribution >= 0.6 is 0 Å². The minimum atomic E-state index is -3.68. The Bertz CT molecular complexity index is 1350. The molecule has 2 aromatic carbocycles. The van der Waals surface area contributed by atoms with Crippen LogP contribution in [0.2, 0.25) is 0 Å². The number of nitrogens with one attached hydrogen (secondary N) is 1. The molecule has 2 heterocycles. The fraction of sp³-hybridized carbons (Fsp3) is 0.360. The van der Waals surface area contributed by atoms with Gasteiger partial charge in [0.2, 0.25) is 27.6 Å². The lowest BCUT2D eigenvalue weighted by Crippen LogP contribution is -2.41. The molecule has 35 heavy (non-hydrogen) atoms. The van der Waals surface area contributed by atoms with Gasteiger partial charge in [-0.3, -0.25) is 9.59 Å². The lowest BCUT2D eigenvalue weighted by molar-refractivity contribution is -0.120. The van der Waals surface area contributed by atoms with Gasteiger partial charge in [-0.25, -0.2) is 8.42 Å². The zero-order valence-electron chi connectivity index (χ0n) is 19.3. The summed E-state index contributed by atoms with van der Waals surface area (Å²) in [5.41, 5.74) is 1.78. The van der Waals surface area contributed by atoms with E-state index in [4.69, 9.17) is 4.52 Å². The van der Waals surface area contributed by atoms with Gasteiger partial charge in [0, 0.05) is 41.7 Å². The predicted molar refractivity (Wildman–Crippen MR) is 128 cm³/mol. The molecule has 1 saturated heterocycles. The van der Waals surface area contributed by atoms with E-state index in [2.05, 4.69) is 15.5 Å². The summed E-state index contributed by atoms with van der Waals surface area (Å²) in [6.45, 7) is 1.98. The smallest absolute Gasteiger partial charge is 0.243 e. The molecular formula is C25H26N4O5S. The number of carbonyl (C=O) groups excluding carboxylic acids is 2. The Morgan fingerprint density at radius 1 is 1.03 bits per heavy atom. The molecule has 3 aromatic rings. The van der Waals surface area contributed by atoms with Crippen LogP contribution in [0.25, 0.3) is 11.4 Å². The third-order valence-electron chi connectivity index (χ3n) is 6.48. The van der Waals surface area contributed by atoms with Gasteiger partial charge in [-0.2, -0.15) is 9.29 Å². The van der Waals surface area contributed by atoms with Crippen molar-refractivity contribution >= 4 is 27.4 Å². The molecule has 0 atom stereocenters. The van der Waals surface area contributed by atoms with Gasteiger partial charge in [-0.15, -0.1) is 0 Å². The first-order valence-corrected chi connectivity index (χ1v) is 13.1. The quantitative estimate of drug-likeness (QED) is 0.495. The lowest BCUT2D eigenvalue weighted by Gasteiger charge is -2.30. The van der Waals surface area contributed by atoms with Gasteiger partial charge in [0.25, 0.3) is 0 Å². The van der Waals surface area contributed by atoms with Crippen LogP contribution in [-0.4, -0.2) is 47.6 Å². The molecule has 10 heteroatoms. The highest BCUT2D eigenvalue weighted by Gasteiger charge is 2.33. The number of ketones is 1. The molecule has 1 aromatic heterocycles. The molecule has 9 nitrogen and oxygen atoms in total. The van der Waals surface area contributed by atoms with Crippen LogP contribution in [0.1, 0.15) is 54.8 Å². The van der Waals surface area contributed by atoms with E-state index in [1.54, 1.807) is 48.5 Å². The zero-order valence-corrected chi connectivity index (χ0v) is 20.1. The Hall–Kier alpha value is -3.37. The normalized spacial score (nSPS) is 17.3. The topological polar surface area (TPSA) is 122 Å². The summed E-state index contributed by atoms with van der Waals surface area (Å²) in [6.07, 6.45) is 2.96. The standard InChI is InChI=1S/C25H26N4O5S/c1-16(30)20-3-2-4-21(15-20)26-24(31)18-11-13-29(14-12-18)35(32,33)22-9-7-17(8-10-22)23-27-25(34-28-23)19-5-6-19/h2-4,7-10,15,18-19H,5-6,11-14H2,1H3,(H,26,31). The van der Waals surface area contributed by atoms with Gasteiger partial charge in [0.05, 0.1) is 4.90 Å². The van der Waals surface area contributed by atoms with Gasteiger partial charge >= 0.3 is 0 Å². The SMILES string of the molecule is CC(=O)c1cccc(NC(=O)C2CCN(S(=O)(=O)c3ccc(-c4noc(C5CC5)n4)cc3)CC2)c1. The molecule has 5 rings (SSSR count). The maximum atomic E-state index is 13.1. The van der Waals surface area contributed by atoms with Crippen molar-refractivity contribution in [2.75, 3.05) is 18.4 Å². The summed E-state index contributed by atoms with van der Waals surface area (Å²) in [5.74, 6) is 0.896. The molecule has 0 unspecified atom stereocenters. The minimum Gasteiger partial charge on any atom is -0.339 e. The first-order chi connectivity index (χ1) is 16.8. The molecule has 182 valence electrons. The van der Waals surface area contributed by atoms with E-state index >= 15 is 0 Å². The predicted octanol–water partition coefficient (Wildman–Crippen LogP) is 3.86. The Morgan fingerprint density at radius 3 is 2.40 bits per heavy atom. The van der Waals surface area contributed by atoms with Crippen molar-refractivity contribution in [2.24, 2.45) is 5.92 Å². The number of benzene rings is 2. The van der Waals surface area contributed by atoms with Crippen molar-refractivity contribution in [3.05, 3.63) is 60.0 Å². The van der Waals surface area contributed by atoms with Crippen LogP contribution < -0.4 is 5.32 Å². The van der Waals surface area contributed by atoms with Crippen molar-refractivity contribution in [3.8, 4) is 11.4 Å². The van der Waals surface area contributed by atoms with E-state index in [-0.39, 0.29) is 35.6 Å². The molecule has 1 N–H and O–H groups in total. The molecule has 0 spiro atoms. The van der Waals surface area contributed by atoms with Gasteiger partial charge in [-0.1, -0.05) is 17.3 Å². The highest BCUT2D eigenvalue weighted by Crippen LogP contribution is 2.39. The molecule has 2 aliphatic rings. The summed E-state index contributed by atoms with van der Waals surface area (Å²) in [6, 6.07) is 13.3.